The number of halogens is 1. The zero-order valence-electron chi connectivity index (χ0n) is 14.4. The number of ether oxygens (including phenoxy) is 2. The Hall–Kier alpha value is -2.17. The van der Waals surface area contributed by atoms with Gasteiger partial charge in [-0.05, 0) is 6.07 Å². The number of carbonyl (C=O) groups excluding carboxylic acids is 1. The van der Waals surface area contributed by atoms with Gasteiger partial charge in [0.15, 0.2) is 5.66 Å². The van der Waals surface area contributed by atoms with Gasteiger partial charge >= 0.3 is 0 Å². The molecule has 2 aliphatic rings. The average Bonchev–Trinajstić information content (AvgIpc) is 3.42. The Morgan fingerprint density at radius 1 is 1.42 bits per heavy atom. The van der Waals surface area contributed by atoms with Crippen LogP contribution in [0.25, 0.3) is 0 Å². The van der Waals surface area contributed by atoms with Crippen molar-refractivity contribution < 1.29 is 14.3 Å². The van der Waals surface area contributed by atoms with Crippen molar-refractivity contribution in [3.8, 4) is 18.2 Å². The van der Waals surface area contributed by atoms with Gasteiger partial charge in [-0.15, -0.1) is 12.3 Å². The number of hydrogen-bond donors (Lipinski definition) is 1. The number of hydrogen-bond acceptors (Lipinski definition) is 6. The number of aromatic nitrogens is 1. The molecule has 0 radical (unpaired) electrons. The summed E-state index contributed by atoms with van der Waals surface area (Å²) in [7, 11) is 0. The molecule has 8 heteroatoms. The van der Waals surface area contributed by atoms with Crippen molar-refractivity contribution in [2.45, 2.75) is 43.9 Å². The van der Waals surface area contributed by atoms with Crippen molar-refractivity contribution in [3.63, 3.8) is 0 Å². The standard InChI is InChI=1S/C18H21ClN4O3/c1-2-3-6-18(22-23-18)7-8-20-16(24)13-11-15(19)17(21-12-13)26-14-4-9-25-10-5-14/h1,11-12,14H,3-10H2,(H,20,24). The first-order valence-corrected chi connectivity index (χ1v) is 9.05. The summed E-state index contributed by atoms with van der Waals surface area (Å²) < 4.78 is 11.1. The van der Waals surface area contributed by atoms with E-state index in [9.17, 15) is 4.79 Å². The van der Waals surface area contributed by atoms with Crippen LogP contribution in [0.5, 0.6) is 5.88 Å². The first-order valence-electron chi connectivity index (χ1n) is 8.67. The van der Waals surface area contributed by atoms with Crippen molar-refractivity contribution in [2.24, 2.45) is 10.2 Å². The van der Waals surface area contributed by atoms with E-state index < -0.39 is 5.66 Å². The Morgan fingerprint density at radius 2 is 2.19 bits per heavy atom. The molecule has 138 valence electrons. The molecule has 0 saturated carbocycles. The van der Waals surface area contributed by atoms with E-state index in [1.54, 1.807) is 6.07 Å². The lowest BCUT2D eigenvalue weighted by Crippen LogP contribution is -2.28. The molecule has 1 N–H and O–H groups in total. The van der Waals surface area contributed by atoms with Crippen molar-refractivity contribution in [1.82, 2.24) is 10.3 Å². The second-order valence-electron chi connectivity index (χ2n) is 6.33. The van der Waals surface area contributed by atoms with Gasteiger partial charge in [0, 0.05) is 44.8 Å². The Bertz CT molecular complexity index is 720. The molecule has 2 aliphatic heterocycles. The summed E-state index contributed by atoms with van der Waals surface area (Å²) in [5, 5.41) is 11.2. The monoisotopic (exact) mass is 376 g/mol. The summed E-state index contributed by atoms with van der Waals surface area (Å²) in [5.41, 5.74) is -0.0200. The fraction of sp³-hybridized carbons (Fsp3) is 0.556. The van der Waals surface area contributed by atoms with Crippen LogP contribution in [0.1, 0.15) is 42.5 Å². The average molecular weight is 377 g/mol. The minimum Gasteiger partial charge on any atom is -0.473 e. The molecule has 1 amide bonds. The quantitative estimate of drug-likeness (QED) is 0.707. The molecule has 0 bridgehead atoms. The lowest BCUT2D eigenvalue weighted by molar-refractivity contribution is 0.0238. The van der Waals surface area contributed by atoms with Crippen LogP contribution in [-0.4, -0.2) is 42.4 Å². The highest BCUT2D eigenvalue weighted by atomic mass is 35.5. The van der Waals surface area contributed by atoms with Gasteiger partial charge in [-0.2, -0.15) is 10.2 Å². The number of nitrogens with one attached hydrogen (secondary N) is 1. The van der Waals surface area contributed by atoms with E-state index in [1.165, 1.54) is 6.20 Å². The maximum Gasteiger partial charge on any atom is 0.252 e. The van der Waals surface area contributed by atoms with Gasteiger partial charge in [0.05, 0.1) is 18.8 Å². The molecule has 0 atom stereocenters. The van der Waals surface area contributed by atoms with Gasteiger partial charge in [-0.1, -0.05) is 11.6 Å². The van der Waals surface area contributed by atoms with Crippen LogP contribution < -0.4 is 10.1 Å². The summed E-state index contributed by atoms with van der Waals surface area (Å²) in [6, 6.07) is 1.57. The predicted molar refractivity (Wildman–Crippen MR) is 96.3 cm³/mol. The molecule has 26 heavy (non-hydrogen) atoms. The van der Waals surface area contributed by atoms with Crippen molar-refractivity contribution in [2.75, 3.05) is 19.8 Å². The molecule has 0 aromatic carbocycles. The third kappa shape index (κ3) is 4.93. The second kappa shape index (κ2) is 8.47. The van der Waals surface area contributed by atoms with Crippen LogP contribution in [-0.2, 0) is 4.74 Å². The highest BCUT2D eigenvalue weighted by Gasteiger charge is 2.38. The summed E-state index contributed by atoms with van der Waals surface area (Å²) in [5.74, 6) is 2.68. The fourth-order valence-electron chi connectivity index (χ4n) is 2.73. The molecule has 1 fully saturated rings. The molecule has 1 aromatic rings. The van der Waals surface area contributed by atoms with Gasteiger partial charge in [-0.25, -0.2) is 4.98 Å². The molecule has 1 saturated heterocycles. The number of carbonyl (C=O) groups is 1. The van der Waals surface area contributed by atoms with Crippen molar-refractivity contribution in [1.29, 1.82) is 0 Å². The van der Waals surface area contributed by atoms with Crippen LogP contribution in [0, 0.1) is 12.3 Å². The molecule has 3 heterocycles. The molecule has 1 aromatic heterocycles. The van der Waals surface area contributed by atoms with Crippen LogP contribution >= 0.6 is 11.6 Å². The molecule has 0 unspecified atom stereocenters. The van der Waals surface area contributed by atoms with Gasteiger partial charge < -0.3 is 14.8 Å². The minimum absolute atomic E-state index is 0.0404. The molecular weight excluding hydrogens is 356 g/mol. The van der Waals surface area contributed by atoms with E-state index in [0.717, 1.165) is 12.8 Å². The maximum absolute atomic E-state index is 12.3. The van der Waals surface area contributed by atoms with Crippen molar-refractivity contribution in [3.05, 3.63) is 22.8 Å². The van der Waals surface area contributed by atoms with E-state index in [0.29, 0.717) is 55.5 Å². The summed E-state index contributed by atoms with van der Waals surface area (Å²) >= 11 is 6.22. The smallest absolute Gasteiger partial charge is 0.252 e. The summed E-state index contributed by atoms with van der Waals surface area (Å²) in [4.78, 5) is 16.4. The van der Waals surface area contributed by atoms with E-state index >= 15 is 0 Å². The predicted octanol–water partition coefficient (Wildman–Crippen LogP) is 2.99. The van der Waals surface area contributed by atoms with E-state index in [4.69, 9.17) is 27.5 Å². The lowest BCUT2D eigenvalue weighted by atomic mass is 10.0. The SMILES string of the molecule is C#CCCC1(CCNC(=O)c2cnc(OC3CCOCC3)c(Cl)c2)N=N1. The van der Waals surface area contributed by atoms with Gasteiger partial charge in [0.25, 0.3) is 5.91 Å². The van der Waals surface area contributed by atoms with Gasteiger partial charge in [-0.3, -0.25) is 4.79 Å². The van der Waals surface area contributed by atoms with Crippen LogP contribution in [0.3, 0.4) is 0 Å². The minimum atomic E-state index is -0.406. The number of nitrogens with zero attached hydrogens (tertiary/aromatic N) is 3. The van der Waals surface area contributed by atoms with E-state index in [2.05, 4.69) is 26.4 Å². The third-order valence-electron chi connectivity index (χ3n) is 4.38. The number of pyridine rings is 1. The zero-order chi connectivity index (χ0) is 18.4. The Morgan fingerprint density at radius 3 is 2.85 bits per heavy atom. The maximum atomic E-state index is 12.3. The molecular formula is C18H21ClN4O3. The van der Waals surface area contributed by atoms with Crippen molar-refractivity contribution >= 4 is 17.5 Å². The van der Waals surface area contributed by atoms with Crippen LogP contribution in [0.15, 0.2) is 22.5 Å². The first kappa shape index (κ1) is 18.6. The second-order valence-corrected chi connectivity index (χ2v) is 6.74. The zero-order valence-corrected chi connectivity index (χ0v) is 15.2. The van der Waals surface area contributed by atoms with Gasteiger partial charge in [0.2, 0.25) is 5.88 Å². The lowest BCUT2D eigenvalue weighted by Gasteiger charge is -2.23. The summed E-state index contributed by atoms with van der Waals surface area (Å²) in [6.07, 6.45) is 10.3. The number of rotatable bonds is 8. The number of terminal acetylenes is 1. The van der Waals surface area contributed by atoms with E-state index in [-0.39, 0.29) is 12.0 Å². The molecule has 7 nitrogen and oxygen atoms in total. The third-order valence-corrected chi connectivity index (χ3v) is 4.65. The Kier molecular flexibility index (Phi) is 6.07. The highest BCUT2D eigenvalue weighted by Crippen LogP contribution is 2.36. The highest BCUT2D eigenvalue weighted by molar-refractivity contribution is 6.32. The van der Waals surface area contributed by atoms with E-state index in [1.807, 2.05) is 0 Å². The molecule has 0 spiro atoms. The Labute approximate surface area is 157 Å². The number of amides is 1. The fourth-order valence-corrected chi connectivity index (χ4v) is 2.95. The topological polar surface area (TPSA) is 85.2 Å². The Balaban J connectivity index is 1.48. The van der Waals surface area contributed by atoms with Crippen LogP contribution in [0.4, 0.5) is 0 Å². The van der Waals surface area contributed by atoms with Crippen LogP contribution in [0.2, 0.25) is 5.02 Å². The first-order chi connectivity index (χ1) is 12.6. The molecule has 0 aliphatic carbocycles. The molecule has 3 rings (SSSR count). The normalized spacial score (nSPS) is 18.2. The largest absolute Gasteiger partial charge is 0.473 e. The van der Waals surface area contributed by atoms with Gasteiger partial charge in [0.1, 0.15) is 11.1 Å². The summed E-state index contributed by atoms with van der Waals surface area (Å²) in [6.45, 7) is 1.79.